The smallest absolute Gasteiger partial charge is 0.462 e. The highest BCUT2D eigenvalue weighted by Gasteiger charge is 2.58. The molecular formula is C58H105O23P. The number of esters is 2. The molecule has 3 aliphatic rings. The summed E-state index contributed by atoms with van der Waals surface area (Å²) >= 11 is 0. The van der Waals surface area contributed by atoms with Crippen LogP contribution in [-0.2, 0) is 51.6 Å². The number of unbranched alkanes of at least 4 members (excludes halogenated alkanes) is 21. The molecular weight excluding hydrogens is 1100 g/mol. The van der Waals surface area contributed by atoms with Crippen molar-refractivity contribution in [2.75, 3.05) is 26.4 Å². The molecule has 0 bridgehead atoms. The fraction of sp³-hybridized carbons (Fsp3) is 0.897. The van der Waals surface area contributed by atoms with Gasteiger partial charge in [-0.2, -0.15) is 0 Å². The summed E-state index contributed by atoms with van der Waals surface area (Å²) in [7, 11) is -5.66. The Balaban J connectivity index is 1.72. The number of rotatable bonds is 44. The number of ether oxygens (including phenoxy) is 6. The molecule has 2 saturated heterocycles. The number of aliphatic hydroxyl groups is 11. The maximum atomic E-state index is 14.0. The van der Waals surface area contributed by atoms with Crippen molar-refractivity contribution in [3.05, 3.63) is 24.3 Å². The van der Waals surface area contributed by atoms with Gasteiger partial charge in [-0.25, -0.2) is 9.36 Å². The van der Waals surface area contributed by atoms with E-state index in [1.54, 1.807) is 6.08 Å². The molecule has 0 radical (unpaired) electrons. The first-order chi connectivity index (χ1) is 39.3. The molecule has 3 rings (SSSR count). The van der Waals surface area contributed by atoms with E-state index >= 15 is 0 Å². The summed E-state index contributed by atoms with van der Waals surface area (Å²) in [6.07, 6.45) is 0.862. The van der Waals surface area contributed by atoms with E-state index in [1.807, 2.05) is 6.08 Å². The van der Waals surface area contributed by atoms with E-state index in [4.69, 9.17) is 37.5 Å². The summed E-state index contributed by atoms with van der Waals surface area (Å²) in [5, 5.41) is 117. The molecule has 0 amide bonds. The van der Waals surface area contributed by atoms with Crippen molar-refractivity contribution in [2.45, 2.75) is 298 Å². The molecule has 3 fully saturated rings. The van der Waals surface area contributed by atoms with Gasteiger partial charge in [0.15, 0.2) is 18.7 Å². The number of hydrogen-bond donors (Lipinski definition) is 12. The SMILES string of the molecule is CCCCCCCCCCCCCC=CC=CC(=O)OC(COC(=O)CCCCCCCCC(C)CCCCCCCC)COP(=O)(O)OC1C(OC2OC(CO)C(O)C(O)C2O)C(O)C(O)C(O)C1OC1OC(CO)C(O)C(O)C1O. The fourth-order valence-electron chi connectivity index (χ4n) is 10.3. The Hall–Kier alpha value is -2.07. The van der Waals surface area contributed by atoms with Crippen molar-refractivity contribution in [1.82, 2.24) is 0 Å². The number of hydrogen-bond acceptors (Lipinski definition) is 22. The third-order valence-corrected chi connectivity index (χ3v) is 16.5. The van der Waals surface area contributed by atoms with E-state index in [0.717, 1.165) is 63.9 Å². The van der Waals surface area contributed by atoms with E-state index in [9.17, 15) is 75.2 Å². The number of phosphoric ester groups is 1. The second kappa shape index (κ2) is 41.9. The third kappa shape index (κ3) is 27.3. The largest absolute Gasteiger partial charge is 0.472 e. The molecule has 2 heterocycles. The highest BCUT2D eigenvalue weighted by Crippen LogP contribution is 2.49. The van der Waals surface area contributed by atoms with Crippen LogP contribution in [0.25, 0.3) is 0 Å². The average molecular weight is 1200 g/mol. The van der Waals surface area contributed by atoms with Gasteiger partial charge in [0.25, 0.3) is 0 Å². The summed E-state index contributed by atoms with van der Waals surface area (Å²) < 4.78 is 58.0. The van der Waals surface area contributed by atoms with Crippen molar-refractivity contribution in [3.8, 4) is 0 Å². The van der Waals surface area contributed by atoms with Crippen LogP contribution in [-0.4, -0.2) is 204 Å². The predicted octanol–water partition coefficient (Wildman–Crippen LogP) is 4.73. The van der Waals surface area contributed by atoms with Crippen LogP contribution in [0.3, 0.4) is 0 Å². The van der Waals surface area contributed by atoms with Crippen LogP contribution in [0, 0.1) is 5.92 Å². The van der Waals surface area contributed by atoms with Gasteiger partial charge in [0.2, 0.25) is 0 Å². The van der Waals surface area contributed by atoms with E-state index in [2.05, 4.69) is 20.8 Å². The Morgan fingerprint density at radius 1 is 0.524 bits per heavy atom. The fourth-order valence-corrected chi connectivity index (χ4v) is 11.3. The van der Waals surface area contributed by atoms with Crippen molar-refractivity contribution in [3.63, 3.8) is 0 Å². The lowest BCUT2D eigenvalue weighted by molar-refractivity contribution is -0.360. The van der Waals surface area contributed by atoms with Gasteiger partial charge < -0.3 is 89.5 Å². The van der Waals surface area contributed by atoms with Gasteiger partial charge in [-0.1, -0.05) is 187 Å². The van der Waals surface area contributed by atoms with Crippen LogP contribution in [0.5, 0.6) is 0 Å². The monoisotopic (exact) mass is 1200 g/mol. The Morgan fingerprint density at radius 3 is 1.41 bits per heavy atom. The van der Waals surface area contributed by atoms with E-state index in [0.29, 0.717) is 12.3 Å². The van der Waals surface area contributed by atoms with Crippen molar-refractivity contribution >= 4 is 19.8 Å². The lowest BCUT2D eigenvalue weighted by atomic mass is 9.84. The van der Waals surface area contributed by atoms with Crippen LogP contribution in [0.2, 0.25) is 0 Å². The quantitative estimate of drug-likeness (QED) is 0.0129. The van der Waals surface area contributed by atoms with Crippen LogP contribution in [0.4, 0.5) is 0 Å². The average Bonchev–Trinajstić information content (AvgIpc) is 3.54. The van der Waals surface area contributed by atoms with Gasteiger partial charge in [0, 0.05) is 12.5 Å². The molecule has 1 saturated carbocycles. The van der Waals surface area contributed by atoms with Gasteiger partial charge >= 0.3 is 19.8 Å². The Kier molecular flexibility index (Phi) is 37.9. The number of allylic oxidation sites excluding steroid dienone is 3. The maximum absolute atomic E-state index is 14.0. The lowest BCUT2D eigenvalue weighted by Crippen LogP contribution is -2.69. The minimum Gasteiger partial charge on any atom is -0.462 e. The molecule has 0 aromatic carbocycles. The predicted molar refractivity (Wildman–Crippen MR) is 300 cm³/mol. The minimum atomic E-state index is -5.66. The Labute approximate surface area is 485 Å². The number of aliphatic hydroxyl groups excluding tert-OH is 11. The molecule has 82 heavy (non-hydrogen) atoms. The van der Waals surface area contributed by atoms with Crippen LogP contribution >= 0.6 is 7.82 Å². The third-order valence-electron chi connectivity index (χ3n) is 15.5. The standard InChI is InChI=1S/C58H105O23P/c1-4-6-8-10-12-13-14-15-16-17-18-19-20-26-30-34-44(62)76-40(37-74-43(61)33-29-25-22-21-24-28-32-39(3)31-27-23-11-9-7-5-2)38-75-82(72,73)81-56-54(79-57-52(70)47(65)45(63)41(35-59)77-57)50(68)49(67)51(69)55(56)80-58-53(71)48(66)46(64)42(36-60)78-58/h20,26,30,34,39-42,45-60,63-71H,4-19,21-25,27-29,31-33,35-38H2,1-3H3,(H,72,73). The molecule has 0 aromatic rings. The molecule has 17 atom stereocenters. The summed E-state index contributed by atoms with van der Waals surface area (Å²) in [5.41, 5.74) is 0. The second-order valence-electron chi connectivity index (χ2n) is 22.6. The summed E-state index contributed by atoms with van der Waals surface area (Å²) in [4.78, 5) is 37.5. The number of phosphoric acid groups is 1. The van der Waals surface area contributed by atoms with Gasteiger partial charge in [0.1, 0.15) is 92.1 Å². The molecule has 17 unspecified atom stereocenters. The van der Waals surface area contributed by atoms with Gasteiger partial charge in [-0.3, -0.25) is 13.8 Å². The number of carbonyl (C=O) groups is 2. The molecule has 0 spiro atoms. The Bertz CT molecular complexity index is 1740. The van der Waals surface area contributed by atoms with Crippen molar-refractivity contribution in [2.24, 2.45) is 5.92 Å². The van der Waals surface area contributed by atoms with Gasteiger partial charge in [-0.15, -0.1) is 0 Å². The van der Waals surface area contributed by atoms with E-state index < -0.39 is 150 Å². The topological polar surface area (TPSA) is 368 Å². The molecule has 1 aliphatic carbocycles. The zero-order valence-corrected chi connectivity index (χ0v) is 49.8. The first-order valence-corrected chi connectivity index (χ1v) is 32.1. The molecule has 12 N–H and O–H groups in total. The first-order valence-electron chi connectivity index (χ1n) is 30.6. The molecule has 0 aromatic heterocycles. The summed E-state index contributed by atoms with van der Waals surface area (Å²) in [5.74, 6) is -0.884. The van der Waals surface area contributed by atoms with Crippen LogP contribution in [0.1, 0.15) is 194 Å². The summed E-state index contributed by atoms with van der Waals surface area (Å²) in [6, 6.07) is 0. The molecule has 480 valence electrons. The molecule has 2 aliphatic heterocycles. The zero-order chi connectivity index (χ0) is 60.5. The minimum absolute atomic E-state index is 0.0338. The van der Waals surface area contributed by atoms with E-state index in [1.165, 1.54) is 109 Å². The molecule has 24 heteroatoms. The van der Waals surface area contributed by atoms with Crippen LogP contribution < -0.4 is 0 Å². The lowest BCUT2D eigenvalue weighted by Gasteiger charge is -2.49. The normalized spacial score (nSPS) is 31.3. The van der Waals surface area contributed by atoms with Gasteiger partial charge in [0.05, 0.1) is 19.8 Å². The number of carbonyl (C=O) groups excluding carboxylic acids is 2. The molecule has 23 nitrogen and oxygen atoms in total. The van der Waals surface area contributed by atoms with Crippen molar-refractivity contribution in [1.29, 1.82) is 0 Å². The Morgan fingerprint density at radius 2 is 0.951 bits per heavy atom. The maximum Gasteiger partial charge on any atom is 0.472 e. The second-order valence-corrected chi connectivity index (χ2v) is 24.0. The summed E-state index contributed by atoms with van der Waals surface area (Å²) in [6.45, 7) is 3.23. The highest BCUT2D eigenvalue weighted by atomic mass is 31.2. The van der Waals surface area contributed by atoms with E-state index in [-0.39, 0.29) is 6.42 Å². The highest BCUT2D eigenvalue weighted by molar-refractivity contribution is 7.47. The zero-order valence-electron chi connectivity index (χ0n) is 48.9. The first kappa shape index (κ1) is 74.2. The van der Waals surface area contributed by atoms with Crippen molar-refractivity contribution < 1.29 is 113 Å². The van der Waals surface area contributed by atoms with Gasteiger partial charge in [-0.05, 0) is 25.2 Å². The van der Waals surface area contributed by atoms with Crippen LogP contribution in [0.15, 0.2) is 24.3 Å².